The van der Waals surface area contributed by atoms with Crippen LogP contribution in [0, 0.1) is 22.0 Å². The normalized spacial score (nSPS) is 24.5. The Kier molecular flexibility index (Phi) is 7.22. The van der Waals surface area contributed by atoms with Gasteiger partial charge in [0.1, 0.15) is 0 Å². The number of nitro groups is 1. The zero-order chi connectivity index (χ0) is 16.9. The van der Waals surface area contributed by atoms with E-state index in [1.807, 2.05) is 6.08 Å². The Labute approximate surface area is 165 Å². The minimum atomic E-state index is -0.388. The van der Waals surface area contributed by atoms with Crippen molar-refractivity contribution in [2.45, 2.75) is 38.3 Å². The van der Waals surface area contributed by atoms with Gasteiger partial charge in [-0.2, -0.15) is 0 Å². The molecule has 3 atom stereocenters. The van der Waals surface area contributed by atoms with Crippen LogP contribution >= 0.6 is 24.0 Å². The van der Waals surface area contributed by atoms with Crippen molar-refractivity contribution in [2.24, 2.45) is 16.8 Å². The van der Waals surface area contributed by atoms with Gasteiger partial charge in [0, 0.05) is 24.7 Å². The lowest BCUT2D eigenvalue weighted by molar-refractivity contribution is -0.384. The van der Waals surface area contributed by atoms with Gasteiger partial charge in [-0.05, 0) is 36.7 Å². The van der Waals surface area contributed by atoms with Crippen LogP contribution in [0.15, 0.2) is 41.9 Å². The van der Waals surface area contributed by atoms with Gasteiger partial charge in [-0.3, -0.25) is 10.1 Å². The largest absolute Gasteiger partial charge is 0.353 e. The topological polar surface area (TPSA) is 79.6 Å². The van der Waals surface area contributed by atoms with Crippen LogP contribution in [0.2, 0.25) is 0 Å². The highest BCUT2D eigenvalue weighted by Gasteiger charge is 2.39. The third-order valence-electron chi connectivity index (χ3n) is 5.04. The summed E-state index contributed by atoms with van der Waals surface area (Å²) in [6.45, 7) is 4.89. The van der Waals surface area contributed by atoms with Crippen molar-refractivity contribution in [3.8, 4) is 0 Å². The summed E-state index contributed by atoms with van der Waals surface area (Å²) < 4.78 is 0. The van der Waals surface area contributed by atoms with Crippen LogP contribution in [0.4, 0.5) is 5.69 Å². The number of nitrogens with zero attached hydrogens (tertiary/aromatic N) is 2. The van der Waals surface area contributed by atoms with Crippen LogP contribution in [0.25, 0.3) is 0 Å². The summed E-state index contributed by atoms with van der Waals surface area (Å²) in [5.74, 6) is 2.44. The van der Waals surface area contributed by atoms with Gasteiger partial charge in [0.25, 0.3) is 5.69 Å². The van der Waals surface area contributed by atoms with Crippen LogP contribution in [-0.2, 0) is 6.54 Å². The molecule has 3 rings (SSSR count). The molecular formula is C18H25IN4O2. The highest BCUT2D eigenvalue weighted by Crippen LogP contribution is 2.44. The second-order valence-electron chi connectivity index (χ2n) is 6.68. The average Bonchev–Trinajstić information content (AvgIpc) is 3.20. The molecule has 136 valence electrons. The van der Waals surface area contributed by atoms with Gasteiger partial charge in [-0.1, -0.05) is 24.6 Å². The van der Waals surface area contributed by atoms with Gasteiger partial charge < -0.3 is 10.6 Å². The fourth-order valence-corrected chi connectivity index (χ4v) is 3.81. The molecule has 0 heterocycles. The molecular weight excluding hydrogens is 431 g/mol. The fraction of sp³-hybridized carbons (Fsp3) is 0.500. The first-order valence-corrected chi connectivity index (χ1v) is 8.55. The Bertz CT molecular complexity index is 632. The molecule has 0 aliphatic heterocycles. The van der Waals surface area contributed by atoms with E-state index in [2.05, 4.69) is 22.2 Å². The number of nitro benzene ring substituents is 1. The summed E-state index contributed by atoms with van der Waals surface area (Å²) in [7, 11) is 0. The number of fused-ring (bicyclic) bond motifs is 2. The van der Waals surface area contributed by atoms with Crippen molar-refractivity contribution >= 4 is 35.6 Å². The monoisotopic (exact) mass is 456 g/mol. The Balaban J connectivity index is 0.00000225. The average molecular weight is 456 g/mol. The van der Waals surface area contributed by atoms with Crippen LogP contribution in [0.1, 0.15) is 31.2 Å². The minimum absolute atomic E-state index is 0. The molecule has 1 aromatic rings. The molecule has 0 radical (unpaired) electrons. The van der Waals surface area contributed by atoms with Crippen molar-refractivity contribution < 1.29 is 4.92 Å². The highest BCUT2D eigenvalue weighted by atomic mass is 127. The van der Waals surface area contributed by atoms with E-state index >= 15 is 0 Å². The van der Waals surface area contributed by atoms with E-state index in [1.54, 1.807) is 12.1 Å². The molecule has 6 nitrogen and oxygen atoms in total. The molecule has 2 N–H and O–H groups in total. The molecule has 1 aromatic carbocycles. The van der Waals surface area contributed by atoms with Crippen LogP contribution < -0.4 is 10.6 Å². The molecule has 2 bridgehead atoms. The van der Waals surface area contributed by atoms with E-state index in [1.165, 1.54) is 37.8 Å². The lowest BCUT2D eigenvalue weighted by atomic mass is 9.95. The van der Waals surface area contributed by atoms with Crippen molar-refractivity contribution in [3.63, 3.8) is 0 Å². The van der Waals surface area contributed by atoms with Gasteiger partial charge in [0.15, 0.2) is 5.96 Å². The maximum Gasteiger partial charge on any atom is 0.269 e. The summed E-state index contributed by atoms with van der Waals surface area (Å²) in [6.07, 6.45) is 7.08. The Morgan fingerprint density at radius 1 is 1.32 bits per heavy atom. The van der Waals surface area contributed by atoms with Crippen molar-refractivity contribution in [3.05, 3.63) is 52.6 Å². The quantitative estimate of drug-likeness (QED) is 0.171. The zero-order valence-electron chi connectivity index (χ0n) is 14.2. The van der Waals surface area contributed by atoms with Crippen LogP contribution in [0.3, 0.4) is 0 Å². The lowest BCUT2D eigenvalue weighted by Crippen LogP contribution is -2.45. The zero-order valence-corrected chi connectivity index (χ0v) is 16.5. The summed E-state index contributed by atoms with van der Waals surface area (Å²) in [4.78, 5) is 14.9. The van der Waals surface area contributed by atoms with Crippen molar-refractivity contribution in [2.75, 3.05) is 6.54 Å². The summed E-state index contributed by atoms with van der Waals surface area (Å²) >= 11 is 0. The van der Waals surface area contributed by atoms with Crippen molar-refractivity contribution in [1.29, 1.82) is 0 Å². The highest BCUT2D eigenvalue weighted by molar-refractivity contribution is 14.0. The Morgan fingerprint density at radius 2 is 2.08 bits per heavy atom. The molecule has 25 heavy (non-hydrogen) atoms. The molecule has 2 aliphatic carbocycles. The standard InChI is InChI=1S/C18H24N4O2.HI/c1-2-9-19-18(21-17-11-14-3-6-15(17)10-14)20-12-13-4-7-16(8-5-13)22(23)24;/h2,4-5,7-8,14-15,17H,1,3,6,9-12H2,(H2,19,20,21);1H. The first-order chi connectivity index (χ1) is 11.7. The smallest absolute Gasteiger partial charge is 0.269 e. The van der Waals surface area contributed by atoms with Gasteiger partial charge >= 0.3 is 0 Å². The number of benzene rings is 1. The number of non-ortho nitro benzene ring substituents is 1. The van der Waals surface area contributed by atoms with Gasteiger partial charge in [0.2, 0.25) is 0 Å². The Morgan fingerprint density at radius 3 is 2.64 bits per heavy atom. The predicted octanol–water partition coefficient (Wildman–Crippen LogP) is 3.62. The van der Waals surface area contributed by atoms with E-state index in [9.17, 15) is 10.1 Å². The number of nitrogens with one attached hydrogen (secondary N) is 2. The van der Waals surface area contributed by atoms with Gasteiger partial charge in [0.05, 0.1) is 11.5 Å². The first-order valence-electron chi connectivity index (χ1n) is 8.55. The second-order valence-corrected chi connectivity index (χ2v) is 6.68. The number of aliphatic imine (C=N–C) groups is 1. The van der Waals surface area contributed by atoms with E-state index in [4.69, 9.17) is 0 Å². The number of rotatable bonds is 6. The number of hydrogen-bond donors (Lipinski definition) is 2. The molecule has 7 heteroatoms. The van der Waals surface area contributed by atoms with E-state index in [0.717, 1.165) is 23.4 Å². The van der Waals surface area contributed by atoms with E-state index in [0.29, 0.717) is 19.1 Å². The molecule has 2 saturated carbocycles. The van der Waals surface area contributed by atoms with E-state index in [-0.39, 0.29) is 34.6 Å². The molecule has 3 unspecified atom stereocenters. The van der Waals surface area contributed by atoms with Crippen molar-refractivity contribution in [1.82, 2.24) is 10.6 Å². The maximum atomic E-state index is 10.7. The third kappa shape index (κ3) is 5.17. The summed E-state index contributed by atoms with van der Waals surface area (Å²) in [5.41, 5.74) is 1.06. The third-order valence-corrected chi connectivity index (χ3v) is 5.04. The molecule has 0 amide bonds. The number of halogens is 1. The fourth-order valence-electron chi connectivity index (χ4n) is 3.81. The van der Waals surface area contributed by atoms with Gasteiger partial charge in [-0.25, -0.2) is 4.99 Å². The van der Waals surface area contributed by atoms with Gasteiger partial charge in [-0.15, -0.1) is 30.6 Å². The van der Waals surface area contributed by atoms with E-state index < -0.39 is 0 Å². The predicted molar refractivity (Wildman–Crippen MR) is 110 cm³/mol. The molecule has 0 aromatic heterocycles. The minimum Gasteiger partial charge on any atom is -0.353 e. The molecule has 2 fully saturated rings. The molecule has 2 aliphatic rings. The molecule has 0 spiro atoms. The summed E-state index contributed by atoms with van der Waals surface area (Å²) in [6, 6.07) is 7.06. The molecule has 0 saturated heterocycles. The number of guanidine groups is 1. The SMILES string of the molecule is C=CCNC(=NCc1ccc([N+](=O)[O-])cc1)NC1CC2CCC1C2.I. The Hall–Kier alpha value is -1.64. The first kappa shape index (κ1) is 19.7. The maximum absolute atomic E-state index is 10.7. The number of hydrogen-bond acceptors (Lipinski definition) is 3. The summed E-state index contributed by atoms with van der Waals surface area (Å²) in [5, 5.41) is 17.5. The second kappa shape index (κ2) is 9.17. The van der Waals surface area contributed by atoms with Crippen LogP contribution in [-0.4, -0.2) is 23.5 Å². The van der Waals surface area contributed by atoms with Crippen LogP contribution in [0.5, 0.6) is 0 Å². The lowest BCUT2D eigenvalue weighted by Gasteiger charge is -2.25.